The lowest BCUT2D eigenvalue weighted by atomic mass is 10.1. The third-order valence-corrected chi connectivity index (χ3v) is 8.82. The number of methoxy groups -OCH3 is 1. The molecule has 0 atom stereocenters. The number of benzene rings is 2. The summed E-state index contributed by atoms with van der Waals surface area (Å²) >= 11 is 1.47. The molecule has 1 aliphatic carbocycles. The number of ether oxygens (including phenoxy) is 1. The van der Waals surface area contributed by atoms with Gasteiger partial charge in [0.1, 0.15) is 0 Å². The van der Waals surface area contributed by atoms with Gasteiger partial charge in [-0.2, -0.15) is 9.30 Å². The normalized spacial score (nSPS) is 15.1. The fraction of sp³-hybridized carbons (Fsp3) is 0.391. The molecule has 1 aliphatic rings. The van der Waals surface area contributed by atoms with E-state index < -0.39 is 15.9 Å². The van der Waals surface area contributed by atoms with Crippen LogP contribution in [0.25, 0.3) is 10.2 Å². The fourth-order valence-electron chi connectivity index (χ4n) is 3.72. The molecule has 0 saturated heterocycles. The molecule has 0 N–H and O–H groups in total. The number of aryl methyl sites for hydroxylation is 2. The number of aromatic nitrogens is 1. The van der Waals surface area contributed by atoms with Crippen LogP contribution in [0.1, 0.15) is 34.3 Å². The second-order valence-electron chi connectivity index (χ2n) is 8.15. The van der Waals surface area contributed by atoms with E-state index in [0.717, 1.165) is 34.2 Å². The van der Waals surface area contributed by atoms with Gasteiger partial charge in [0.2, 0.25) is 10.0 Å². The molecule has 1 aromatic heterocycles. The van der Waals surface area contributed by atoms with E-state index in [1.54, 1.807) is 14.2 Å². The van der Waals surface area contributed by atoms with Crippen molar-refractivity contribution in [1.82, 2.24) is 8.87 Å². The van der Waals surface area contributed by atoms with Gasteiger partial charge in [0.15, 0.2) is 4.80 Å². The molecule has 3 aromatic rings. The van der Waals surface area contributed by atoms with Crippen molar-refractivity contribution in [1.29, 1.82) is 0 Å². The summed E-state index contributed by atoms with van der Waals surface area (Å²) in [6.07, 6.45) is 1.78. The molecule has 0 spiro atoms. The van der Waals surface area contributed by atoms with E-state index >= 15 is 0 Å². The van der Waals surface area contributed by atoms with Gasteiger partial charge in [-0.05, 0) is 68.1 Å². The lowest BCUT2D eigenvalue weighted by Crippen LogP contribution is -2.28. The zero-order valence-electron chi connectivity index (χ0n) is 18.7. The highest BCUT2D eigenvalue weighted by atomic mass is 32.2. The molecule has 0 radical (unpaired) electrons. The predicted octanol–water partition coefficient (Wildman–Crippen LogP) is 3.49. The molecule has 2 aromatic carbocycles. The summed E-state index contributed by atoms with van der Waals surface area (Å²) in [5.41, 5.74) is 3.66. The van der Waals surface area contributed by atoms with Crippen LogP contribution in [0.15, 0.2) is 46.3 Å². The monoisotopic (exact) mass is 473 g/mol. The molecule has 32 heavy (non-hydrogen) atoms. The average Bonchev–Trinajstić information content (AvgIpc) is 3.55. The summed E-state index contributed by atoms with van der Waals surface area (Å²) in [6.45, 7) is 5.18. The van der Waals surface area contributed by atoms with Gasteiger partial charge in [0, 0.05) is 32.3 Å². The van der Waals surface area contributed by atoms with Crippen LogP contribution in [0.3, 0.4) is 0 Å². The summed E-state index contributed by atoms with van der Waals surface area (Å²) in [4.78, 5) is 18.1. The van der Waals surface area contributed by atoms with Gasteiger partial charge in [-0.15, -0.1) is 0 Å². The van der Waals surface area contributed by atoms with Gasteiger partial charge in [-0.25, -0.2) is 8.42 Å². The molecular weight excluding hydrogens is 446 g/mol. The highest BCUT2D eigenvalue weighted by Crippen LogP contribution is 2.30. The van der Waals surface area contributed by atoms with Gasteiger partial charge < -0.3 is 9.30 Å². The van der Waals surface area contributed by atoms with Gasteiger partial charge in [0.25, 0.3) is 5.91 Å². The van der Waals surface area contributed by atoms with Crippen LogP contribution in [-0.4, -0.2) is 50.0 Å². The molecule has 0 aliphatic heterocycles. The van der Waals surface area contributed by atoms with Crippen molar-refractivity contribution in [3.8, 4) is 0 Å². The van der Waals surface area contributed by atoms with Crippen LogP contribution in [-0.2, 0) is 21.3 Å². The quantitative estimate of drug-likeness (QED) is 0.526. The van der Waals surface area contributed by atoms with Crippen molar-refractivity contribution in [2.24, 2.45) is 4.99 Å². The Morgan fingerprint density at radius 2 is 1.91 bits per heavy atom. The molecule has 170 valence electrons. The molecular formula is C23H27N3O4S2. The van der Waals surface area contributed by atoms with Crippen LogP contribution in [0.4, 0.5) is 0 Å². The molecule has 7 nitrogen and oxygen atoms in total. The van der Waals surface area contributed by atoms with Crippen molar-refractivity contribution >= 4 is 37.5 Å². The summed E-state index contributed by atoms with van der Waals surface area (Å²) in [6, 6.07) is 10.3. The molecule has 1 heterocycles. The SMILES string of the molecule is COCCn1c(=NC(=O)c2ccc(S(=O)(=O)N(C)C3CC3)cc2)sc2c(C)cc(C)cc21. The number of carbonyl (C=O) groups is 1. The van der Waals surface area contributed by atoms with Crippen LogP contribution in [0, 0.1) is 13.8 Å². The zero-order valence-corrected chi connectivity index (χ0v) is 20.3. The topological polar surface area (TPSA) is 81.0 Å². The summed E-state index contributed by atoms with van der Waals surface area (Å²) in [5, 5.41) is 0. The molecule has 0 unspecified atom stereocenters. The summed E-state index contributed by atoms with van der Waals surface area (Å²) in [7, 11) is -0.300. The Labute approximate surface area is 192 Å². The number of hydrogen-bond donors (Lipinski definition) is 0. The van der Waals surface area contributed by atoms with E-state index in [9.17, 15) is 13.2 Å². The van der Waals surface area contributed by atoms with Crippen molar-refractivity contribution in [3.05, 3.63) is 57.9 Å². The number of hydrogen-bond acceptors (Lipinski definition) is 5. The second-order valence-corrected chi connectivity index (χ2v) is 11.1. The highest BCUT2D eigenvalue weighted by Gasteiger charge is 2.35. The van der Waals surface area contributed by atoms with E-state index in [1.807, 2.05) is 11.5 Å². The number of rotatable bonds is 7. The number of thiazole rings is 1. The van der Waals surface area contributed by atoms with Crippen LogP contribution >= 0.6 is 11.3 Å². The molecule has 1 amide bonds. The Kier molecular flexibility index (Phi) is 6.35. The Hall–Kier alpha value is -2.33. The number of amides is 1. The van der Waals surface area contributed by atoms with Crippen LogP contribution in [0.5, 0.6) is 0 Å². The van der Waals surface area contributed by atoms with Crippen LogP contribution < -0.4 is 4.80 Å². The maximum Gasteiger partial charge on any atom is 0.279 e. The minimum absolute atomic E-state index is 0.0823. The highest BCUT2D eigenvalue weighted by molar-refractivity contribution is 7.89. The van der Waals surface area contributed by atoms with Gasteiger partial charge >= 0.3 is 0 Å². The van der Waals surface area contributed by atoms with Crippen molar-refractivity contribution < 1.29 is 17.9 Å². The zero-order chi connectivity index (χ0) is 23.0. The first-order valence-corrected chi connectivity index (χ1v) is 12.7. The number of fused-ring (bicyclic) bond motifs is 1. The minimum Gasteiger partial charge on any atom is -0.383 e. The smallest absolute Gasteiger partial charge is 0.279 e. The average molecular weight is 474 g/mol. The van der Waals surface area contributed by atoms with E-state index in [4.69, 9.17) is 4.74 Å². The number of sulfonamides is 1. The molecule has 1 fully saturated rings. The second kappa shape index (κ2) is 8.90. The van der Waals surface area contributed by atoms with Gasteiger partial charge in [-0.3, -0.25) is 4.79 Å². The fourth-order valence-corrected chi connectivity index (χ4v) is 6.24. The lowest BCUT2D eigenvalue weighted by Gasteiger charge is -2.16. The number of carbonyl (C=O) groups excluding carboxylic acids is 1. The van der Waals surface area contributed by atoms with E-state index in [2.05, 4.69) is 24.0 Å². The summed E-state index contributed by atoms with van der Waals surface area (Å²) < 4.78 is 35.1. The van der Waals surface area contributed by atoms with Gasteiger partial charge in [0.05, 0.1) is 21.7 Å². The maximum atomic E-state index is 12.9. The van der Waals surface area contributed by atoms with Gasteiger partial charge in [-0.1, -0.05) is 17.4 Å². The Morgan fingerprint density at radius 3 is 2.53 bits per heavy atom. The van der Waals surface area contributed by atoms with Crippen molar-refractivity contribution in [2.45, 2.75) is 44.2 Å². The number of nitrogens with zero attached hydrogens (tertiary/aromatic N) is 3. The summed E-state index contributed by atoms with van der Waals surface area (Å²) in [5.74, 6) is -0.406. The minimum atomic E-state index is -3.54. The molecule has 9 heteroatoms. The van der Waals surface area contributed by atoms with E-state index in [1.165, 1.54) is 39.9 Å². The first-order chi connectivity index (χ1) is 15.2. The maximum absolute atomic E-state index is 12.9. The van der Waals surface area contributed by atoms with Crippen LogP contribution in [0.2, 0.25) is 0 Å². The molecule has 0 bridgehead atoms. The Balaban J connectivity index is 1.69. The van der Waals surface area contributed by atoms with Crippen molar-refractivity contribution in [3.63, 3.8) is 0 Å². The third-order valence-electron chi connectivity index (χ3n) is 5.67. The first-order valence-electron chi connectivity index (χ1n) is 10.5. The van der Waals surface area contributed by atoms with Crippen molar-refractivity contribution in [2.75, 3.05) is 20.8 Å². The molecule has 1 saturated carbocycles. The molecule has 4 rings (SSSR count). The Morgan fingerprint density at radius 1 is 1.22 bits per heavy atom. The first kappa shape index (κ1) is 22.8. The largest absolute Gasteiger partial charge is 0.383 e. The standard InChI is InChI=1S/C23H27N3O4S2/c1-15-13-16(2)21-20(14-15)26(11-12-30-4)23(31-21)24-22(27)17-5-9-19(10-6-17)32(28,29)25(3)18-7-8-18/h5-6,9-10,13-14,18H,7-8,11-12H2,1-4H3. The predicted molar refractivity (Wildman–Crippen MR) is 125 cm³/mol. The third kappa shape index (κ3) is 4.43. The lowest BCUT2D eigenvalue weighted by molar-refractivity contribution is 0.0997. The Bertz CT molecular complexity index is 1330. The van der Waals surface area contributed by atoms with E-state index in [0.29, 0.717) is 23.5 Å². The van der Waals surface area contributed by atoms with E-state index in [-0.39, 0.29) is 10.9 Å².